The maximum absolute atomic E-state index is 11.9. The molecule has 1 aliphatic rings. The topological polar surface area (TPSA) is 112 Å². The Bertz CT molecular complexity index is 919. The summed E-state index contributed by atoms with van der Waals surface area (Å²) in [5.74, 6) is -0.204. The van der Waals surface area contributed by atoms with E-state index in [9.17, 15) is 14.4 Å². The second kappa shape index (κ2) is 9.65. The molecule has 0 aromatic heterocycles. The van der Waals surface area contributed by atoms with E-state index in [0.29, 0.717) is 41.2 Å². The van der Waals surface area contributed by atoms with E-state index in [1.165, 1.54) is 0 Å². The van der Waals surface area contributed by atoms with Crippen molar-refractivity contribution >= 4 is 35.2 Å². The highest BCUT2D eigenvalue weighted by Gasteiger charge is 2.15. The van der Waals surface area contributed by atoms with Gasteiger partial charge in [-0.25, -0.2) is 9.59 Å². The van der Waals surface area contributed by atoms with Crippen molar-refractivity contribution in [2.75, 3.05) is 31.7 Å². The number of fused-ring (bicyclic) bond motifs is 1. The van der Waals surface area contributed by atoms with Crippen LogP contribution in [0.25, 0.3) is 0 Å². The Morgan fingerprint density at radius 1 is 1.00 bits per heavy atom. The third kappa shape index (κ3) is 6.01. The summed E-state index contributed by atoms with van der Waals surface area (Å²) in [4.78, 5) is 35.3. The number of esters is 1. The molecule has 29 heavy (non-hydrogen) atoms. The van der Waals surface area contributed by atoms with Crippen molar-refractivity contribution in [2.24, 2.45) is 0 Å². The largest absolute Gasteiger partial charge is 0.486 e. The Hall–Kier alpha value is -3.46. The van der Waals surface area contributed by atoms with Gasteiger partial charge in [-0.1, -0.05) is 23.7 Å². The summed E-state index contributed by atoms with van der Waals surface area (Å²) < 4.78 is 20.7. The van der Waals surface area contributed by atoms with Crippen LogP contribution in [0.3, 0.4) is 0 Å². The van der Waals surface area contributed by atoms with Gasteiger partial charge < -0.3 is 24.3 Å². The van der Waals surface area contributed by atoms with E-state index in [-0.39, 0.29) is 0 Å². The van der Waals surface area contributed by atoms with Gasteiger partial charge in [0.1, 0.15) is 19.0 Å². The molecule has 0 radical (unpaired) electrons. The highest BCUT2D eigenvalue weighted by Crippen LogP contribution is 2.32. The quantitative estimate of drug-likeness (QED) is 0.690. The smallest absolute Gasteiger partial charge is 0.344 e. The van der Waals surface area contributed by atoms with Crippen LogP contribution < -0.4 is 24.8 Å². The number of anilines is 1. The number of carbonyl (C=O) groups excluding carboxylic acids is 3. The second-order valence-corrected chi connectivity index (χ2v) is 6.15. The zero-order valence-corrected chi connectivity index (χ0v) is 15.9. The number of para-hydroxylation sites is 1. The van der Waals surface area contributed by atoms with Crippen LogP contribution in [0.2, 0.25) is 5.02 Å². The third-order valence-electron chi connectivity index (χ3n) is 3.60. The lowest BCUT2D eigenvalue weighted by Crippen LogP contribution is -2.37. The van der Waals surface area contributed by atoms with Crippen molar-refractivity contribution in [1.29, 1.82) is 0 Å². The predicted octanol–water partition coefficient (Wildman–Crippen LogP) is 2.38. The number of ether oxygens (including phenoxy) is 4. The molecule has 0 unspecified atom stereocenters. The summed E-state index contributed by atoms with van der Waals surface area (Å²) in [6.45, 7) is -0.205. The van der Waals surface area contributed by atoms with E-state index >= 15 is 0 Å². The number of hydrogen-bond acceptors (Lipinski definition) is 7. The van der Waals surface area contributed by atoms with Gasteiger partial charge in [-0.3, -0.25) is 10.1 Å². The van der Waals surface area contributed by atoms with Crippen LogP contribution in [0, 0.1) is 0 Å². The number of imide groups is 1. The Labute approximate surface area is 170 Å². The molecule has 1 heterocycles. The van der Waals surface area contributed by atoms with Crippen molar-refractivity contribution in [3.63, 3.8) is 0 Å². The maximum Gasteiger partial charge on any atom is 0.344 e. The molecular formula is C19H17ClN2O7. The molecule has 0 aliphatic carbocycles. The molecule has 0 saturated heterocycles. The Morgan fingerprint density at radius 3 is 2.55 bits per heavy atom. The van der Waals surface area contributed by atoms with Gasteiger partial charge in [0.05, 0.1) is 5.02 Å². The summed E-state index contributed by atoms with van der Waals surface area (Å²) in [6, 6.07) is 10.6. The molecule has 9 nitrogen and oxygen atoms in total. The van der Waals surface area contributed by atoms with Crippen LogP contribution in [-0.4, -0.2) is 44.3 Å². The fourth-order valence-electron chi connectivity index (χ4n) is 2.33. The standard InChI is InChI=1S/C19H17ClN2O7/c20-13-3-1-2-4-14(13)28-11-18(24)29-10-17(23)22-19(25)21-12-5-6-15-16(9-12)27-8-7-26-15/h1-6,9H,7-8,10-11H2,(H2,21,22,23,25). The van der Waals surface area contributed by atoms with Crippen LogP contribution in [-0.2, 0) is 14.3 Å². The lowest BCUT2D eigenvalue weighted by molar-refractivity contribution is -0.150. The Kier molecular flexibility index (Phi) is 6.75. The lowest BCUT2D eigenvalue weighted by Gasteiger charge is -2.19. The van der Waals surface area contributed by atoms with E-state index in [4.69, 9.17) is 30.5 Å². The van der Waals surface area contributed by atoms with Crippen LogP contribution in [0.5, 0.6) is 17.2 Å². The molecule has 2 N–H and O–H groups in total. The average Bonchev–Trinajstić information content (AvgIpc) is 2.71. The number of urea groups is 1. The normalized spacial score (nSPS) is 11.9. The van der Waals surface area contributed by atoms with E-state index in [1.54, 1.807) is 42.5 Å². The SMILES string of the molecule is O=C(COC(=O)COc1ccccc1Cl)NC(=O)Nc1ccc2c(c1)OCCO2. The third-order valence-corrected chi connectivity index (χ3v) is 3.91. The minimum Gasteiger partial charge on any atom is -0.486 e. The molecule has 0 spiro atoms. The molecule has 0 saturated carbocycles. The molecule has 0 bridgehead atoms. The van der Waals surface area contributed by atoms with Crippen molar-refractivity contribution in [2.45, 2.75) is 0 Å². The van der Waals surface area contributed by atoms with Crippen LogP contribution >= 0.6 is 11.6 Å². The summed E-state index contributed by atoms with van der Waals surface area (Å²) >= 11 is 5.90. The van der Waals surface area contributed by atoms with Gasteiger partial charge in [0, 0.05) is 11.8 Å². The monoisotopic (exact) mass is 420 g/mol. The second-order valence-electron chi connectivity index (χ2n) is 5.74. The number of halogens is 1. The minimum atomic E-state index is -0.800. The molecule has 152 valence electrons. The van der Waals surface area contributed by atoms with Crippen LogP contribution in [0.1, 0.15) is 0 Å². The number of amides is 3. The fourth-order valence-corrected chi connectivity index (χ4v) is 2.52. The molecule has 0 fully saturated rings. The lowest BCUT2D eigenvalue weighted by atomic mass is 10.2. The van der Waals surface area contributed by atoms with Gasteiger partial charge in [0.15, 0.2) is 24.7 Å². The molecule has 10 heteroatoms. The summed E-state index contributed by atoms with van der Waals surface area (Å²) in [6.07, 6.45) is 0. The molecule has 0 atom stereocenters. The van der Waals surface area contributed by atoms with Gasteiger partial charge in [-0.2, -0.15) is 0 Å². The van der Waals surface area contributed by atoms with Gasteiger partial charge in [0.2, 0.25) is 0 Å². The zero-order valence-electron chi connectivity index (χ0n) is 15.1. The summed E-state index contributed by atoms with van der Waals surface area (Å²) in [5, 5.41) is 4.87. The number of carbonyl (C=O) groups is 3. The van der Waals surface area contributed by atoms with Gasteiger partial charge >= 0.3 is 12.0 Å². The van der Waals surface area contributed by atoms with E-state index in [2.05, 4.69) is 5.32 Å². The molecular weight excluding hydrogens is 404 g/mol. The molecule has 2 aromatic rings. The highest BCUT2D eigenvalue weighted by molar-refractivity contribution is 6.32. The number of rotatable bonds is 6. The number of nitrogens with one attached hydrogen (secondary N) is 2. The van der Waals surface area contributed by atoms with Crippen LogP contribution in [0.15, 0.2) is 42.5 Å². The van der Waals surface area contributed by atoms with Crippen molar-refractivity contribution in [1.82, 2.24) is 5.32 Å². The first-order chi connectivity index (χ1) is 14.0. The number of benzene rings is 2. The Morgan fingerprint density at radius 2 is 1.76 bits per heavy atom. The van der Waals surface area contributed by atoms with E-state index in [1.807, 2.05) is 5.32 Å². The predicted molar refractivity (Wildman–Crippen MR) is 102 cm³/mol. The Balaban J connectivity index is 1.39. The molecule has 3 rings (SSSR count). The fraction of sp³-hybridized carbons (Fsp3) is 0.211. The van der Waals surface area contributed by atoms with E-state index in [0.717, 1.165) is 0 Å². The van der Waals surface area contributed by atoms with Crippen molar-refractivity contribution in [3.05, 3.63) is 47.5 Å². The van der Waals surface area contributed by atoms with Crippen molar-refractivity contribution < 1.29 is 33.3 Å². The zero-order chi connectivity index (χ0) is 20.6. The summed E-state index contributed by atoms with van der Waals surface area (Å²) in [5.41, 5.74) is 0.407. The maximum atomic E-state index is 11.9. The highest BCUT2D eigenvalue weighted by atomic mass is 35.5. The van der Waals surface area contributed by atoms with Gasteiger partial charge in [-0.15, -0.1) is 0 Å². The minimum absolute atomic E-state index is 0.314. The summed E-state index contributed by atoms with van der Waals surface area (Å²) in [7, 11) is 0. The molecule has 3 amide bonds. The first-order valence-electron chi connectivity index (χ1n) is 8.55. The first kappa shape index (κ1) is 20.3. The molecule has 1 aliphatic heterocycles. The van der Waals surface area contributed by atoms with E-state index < -0.39 is 31.1 Å². The van der Waals surface area contributed by atoms with Crippen LogP contribution in [0.4, 0.5) is 10.5 Å². The van der Waals surface area contributed by atoms with Crippen molar-refractivity contribution in [3.8, 4) is 17.2 Å². The first-order valence-corrected chi connectivity index (χ1v) is 8.92. The number of hydrogen-bond donors (Lipinski definition) is 2. The molecule has 2 aromatic carbocycles. The van der Waals surface area contributed by atoms with Gasteiger partial charge in [0.25, 0.3) is 5.91 Å². The average molecular weight is 421 g/mol. The van der Waals surface area contributed by atoms with Gasteiger partial charge in [-0.05, 0) is 24.3 Å².